The van der Waals surface area contributed by atoms with Gasteiger partial charge in [-0.05, 0) is 63.1 Å². The number of rotatable bonds is 6. The van der Waals surface area contributed by atoms with Gasteiger partial charge in [-0.2, -0.15) is 0 Å². The molecule has 2 aliphatic rings. The quantitative estimate of drug-likeness (QED) is 0.448. The molecule has 1 atom stereocenters. The molecule has 1 saturated carbocycles. The van der Waals surface area contributed by atoms with Crippen LogP contribution >= 0.6 is 0 Å². The first-order valence-electron chi connectivity index (χ1n) is 12.7. The van der Waals surface area contributed by atoms with Gasteiger partial charge in [0.2, 0.25) is 0 Å². The van der Waals surface area contributed by atoms with Gasteiger partial charge in [-0.25, -0.2) is 14.2 Å². The Morgan fingerprint density at radius 2 is 1.94 bits per heavy atom. The third-order valence-corrected chi connectivity index (χ3v) is 7.04. The molecule has 2 aromatic rings. The number of hydrogen-bond donors (Lipinski definition) is 3. The highest BCUT2D eigenvalue weighted by molar-refractivity contribution is 6.07. The number of ether oxygens (including phenoxy) is 1. The van der Waals surface area contributed by atoms with E-state index in [0.717, 1.165) is 50.2 Å². The van der Waals surface area contributed by atoms with Crippen LogP contribution in [0.1, 0.15) is 74.2 Å². The summed E-state index contributed by atoms with van der Waals surface area (Å²) < 4.78 is 21.5. The minimum absolute atomic E-state index is 0.0314. The minimum atomic E-state index is -0.757. The lowest BCUT2D eigenvalue weighted by Crippen LogP contribution is -2.42. The van der Waals surface area contributed by atoms with E-state index in [0.29, 0.717) is 24.7 Å². The van der Waals surface area contributed by atoms with Crippen LogP contribution in [0.15, 0.2) is 30.5 Å². The highest BCUT2D eigenvalue weighted by Gasteiger charge is 2.27. The van der Waals surface area contributed by atoms with Gasteiger partial charge in [0.25, 0.3) is 5.91 Å². The van der Waals surface area contributed by atoms with Crippen LogP contribution in [0.5, 0.6) is 5.75 Å². The van der Waals surface area contributed by atoms with Crippen molar-refractivity contribution in [2.24, 2.45) is 5.92 Å². The second kappa shape index (κ2) is 11.5. The maximum absolute atomic E-state index is 15.2. The Bertz CT molecular complexity index is 1130. The number of carbonyl (C=O) groups excluding carboxylic acids is 2. The Balaban J connectivity index is 1.61. The lowest BCUT2D eigenvalue weighted by atomic mass is 9.86. The zero-order valence-electron chi connectivity index (χ0n) is 20.9. The first-order chi connectivity index (χ1) is 17.3. The molecule has 1 aliphatic carbocycles. The number of amidine groups is 1. The van der Waals surface area contributed by atoms with Crippen molar-refractivity contribution in [3.8, 4) is 5.75 Å². The maximum atomic E-state index is 15.2. The molecular formula is C27H34FN5O3. The molecule has 3 N–H and O–H groups in total. The van der Waals surface area contributed by atoms with Gasteiger partial charge < -0.3 is 15.4 Å². The first-order valence-corrected chi connectivity index (χ1v) is 12.7. The second-order valence-electron chi connectivity index (χ2n) is 9.66. The molecule has 1 unspecified atom stereocenters. The minimum Gasteiger partial charge on any atom is -0.490 e. The van der Waals surface area contributed by atoms with E-state index in [9.17, 15) is 9.59 Å². The number of carbonyl (C=O) groups is 2. The SMILES string of the molecule is Cc1cccnc1NC(=O)c1cc(F)c(NC(=O)N2CCCCC2=N)cc1OC(C)C1CCCCC1. The Hall–Kier alpha value is -3.49. The van der Waals surface area contributed by atoms with Crippen molar-refractivity contribution in [1.82, 2.24) is 9.88 Å². The number of benzene rings is 1. The van der Waals surface area contributed by atoms with E-state index >= 15 is 4.39 Å². The summed E-state index contributed by atoms with van der Waals surface area (Å²) in [6.45, 7) is 4.21. The molecule has 1 aromatic carbocycles. The van der Waals surface area contributed by atoms with Crippen molar-refractivity contribution < 1.29 is 18.7 Å². The molecule has 0 bridgehead atoms. The molecule has 4 rings (SSSR count). The summed E-state index contributed by atoms with van der Waals surface area (Å²) in [5.41, 5.74) is 0.718. The van der Waals surface area contributed by atoms with Gasteiger partial charge in [-0.1, -0.05) is 25.3 Å². The number of likely N-dealkylation sites (tertiary alicyclic amines) is 1. The van der Waals surface area contributed by atoms with Crippen LogP contribution in [0.2, 0.25) is 0 Å². The van der Waals surface area contributed by atoms with Crippen LogP contribution in [-0.4, -0.2) is 40.3 Å². The fourth-order valence-electron chi connectivity index (χ4n) is 4.85. The topological polar surface area (TPSA) is 107 Å². The zero-order chi connectivity index (χ0) is 25.7. The van der Waals surface area contributed by atoms with Crippen LogP contribution in [0, 0.1) is 24.1 Å². The Morgan fingerprint density at radius 3 is 2.67 bits per heavy atom. The van der Waals surface area contributed by atoms with Crippen molar-refractivity contribution >= 4 is 29.3 Å². The molecule has 0 spiro atoms. The summed E-state index contributed by atoms with van der Waals surface area (Å²) in [5.74, 6) is -0.169. The number of nitrogens with zero attached hydrogens (tertiary/aromatic N) is 2. The lowest BCUT2D eigenvalue weighted by molar-refractivity contribution is 0.0996. The van der Waals surface area contributed by atoms with Crippen molar-refractivity contribution in [3.05, 3.63) is 47.4 Å². The molecule has 0 radical (unpaired) electrons. The first kappa shape index (κ1) is 25.6. The van der Waals surface area contributed by atoms with Crippen molar-refractivity contribution in [3.63, 3.8) is 0 Å². The fourth-order valence-corrected chi connectivity index (χ4v) is 4.85. The van der Waals surface area contributed by atoms with Crippen LogP contribution in [0.4, 0.5) is 20.7 Å². The zero-order valence-corrected chi connectivity index (χ0v) is 20.9. The average molecular weight is 496 g/mol. The highest BCUT2D eigenvalue weighted by atomic mass is 19.1. The Kier molecular flexibility index (Phi) is 8.18. The number of urea groups is 1. The molecule has 36 heavy (non-hydrogen) atoms. The van der Waals surface area contributed by atoms with Crippen molar-refractivity contribution in [2.75, 3.05) is 17.2 Å². The summed E-state index contributed by atoms with van der Waals surface area (Å²) in [6.07, 6.45) is 9.10. The van der Waals surface area contributed by atoms with Gasteiger partial charge in [0.1, 0.15) is 23.2 Å². The molecule has 192 valence electrons. The van der Waals surface area contributed by atoms with E-state index in [1.165, 1.54) is 17.4 Å². The molecule has 9 heteroatoms. The summed E-state index contributed by atoms with van der Waals surface area (Å²) >= 11 is 0. The number of aromatic nitrogens is 1. The molecule has 2 heterocycles. The predicted molar refractivity (Wildman–Crippen MR) is 137 cm³/mol. The van der Waals surface area contributed by atoms with Crippen LogP contribution in [0.25, 0.3) is 0 Å². The Morgan fingerprint density at radius 1 is 1.17 bits per heavy atom. The standard InChI is InChI=1S/C27H34FN5O3/c1-17-9-8-13-30-25(17)32-26(34)20-15-21(28)22(31-27(35)33-14-7-6-12-24(33)29)16-23(20)36-18(2)19-10-4-3-5-11-19/h8-9,13,15-16,18-19,29H,3-7,10-12,14H2,1-2H3,(H,31,35)(H,30,32,34). The van der Waals surface area contributed by atoms with Gasteiger partial charge in [0, 0.05) is 25.2 Å². The average Bonchev–Trinajstić information content (AvgIpc) is 2.87. The number of nitrogens with one attached hydrogen (secondary N) is 3. The number of aryl methyl sites for hydroxylation is 1. The predicted octanol–water partition coefficient (Wildman–Crippen LogP) is 6.12. The number of pyridine rings is 1. The van der Waals surface area contributed by atoms with E-state index in [1.807, 2.05) is 19.9 Å². The lowest BCUT2D eigenvalue weighted by Gasteiger charge is -2.29. The molecule has 1 aromatic heterocycles. The summed E-state index contributed by atoms with van der Waals surface area (Å²) in [4.78, 5) is 31.5. The van der Waals surface area contributed by atoms with Gasteiger partial charge in [0.05, 0.1) is 17.4 Å². The van der Waals surface area contributed by atoms with Crippen LogP contribution in [0.3, 0.4) is 0 Å². The number of anilines is 2. The highest BCUT2D eigenvalue weighted by Crippen LogP contribution is 2.33. The summed E-state index contributed by atoms with van der Waals surface area (Å²) in [6, 6.07) is 5.49. The summed E-state index contributed by atoms with van der Waals surface area (Å²) in [7, 11) is 0. The van der Waals surface area contributed by atoms with Crippen molar-refractivity contribution in [2.45, 2.75) is 71.3 Å². The van der Waals surface area contributed by atoms with Crippen molar-refractivity contribution in [1.29, 1.82) is 5.41 Å². The monoisotopic (exact) mass is 495 g/mol. The third kappa shape index (κ3) is 6.01. The van der Waals surface area contributed by atoms with Crippen LogP contribution < -0.4 is 15.4 Å². The molecule has 1 saturated heterocycles. The van der Waals surface area contributed by atoms with Gasteiger partial charge in [0.15, 0.2) is 0 Å². The van der Waals surface area contributed by atoms with Gasteiger partial charge in [-0.15, -0.1) is 0 Å². The van der Waals surface area contributed by atoms with E-state index < -0.39 is 17.8 Å². The smallest absolute Gasteiger partial charge is 0.327 e. The van der Waals surface area contributed by atoms with E-state index in [-0.39, 0.29) is 28.9 Å². The molecule has 2 fully saturated rings. The van der Waals surface area contributed by atoms with Gasteiger partial charge in [-0.3, -0.25) is 15.1 Å². The number of halogens is 1. The molecular weight excluding hydrogens is 461 g/mol. The number of amides is 3. The third-order valence-electron chi connectivity index (χ3n) is 7.04. The largest absolute Gasteiger partial charge is 0.490 e. The van der Waals surface area contributed by atoms with Crippen LogP contribution in [-0.2, 0) is 0 Å². The number of hydrogen-bond acceptors (Lipinski definition) is 5. The second-order valence-corrected chi connectivity index (χ2v) is 9.66. The van der Waals surface area contributed by atoms with E-state index in [2.05, 4.69) is 15.6 Å². The molecule has 1 aliphatic heterocycles. The summed E-state index contributed by atoms with van der Waals surface area (Å²) in [5, 5.41) is 13.4. The normalized spacial score (nSPS) is 17.4. The fraction of sp³-hybridized carbons (Fsp3) is 0.481. The Labute approximate surface area is 211 Å². The molecule has 3 amide bonds. The van der Waals surface area contributed by atoms with Gasteiger partial charge >= 0.3 is 6.03 Å². The molecule has 8 nitrogen and oxygen atoms in total. The number of piperidine rings is 1. The van der Waals surface area contributed by atoms with E-state index in [4.69, 9.17) is 10.1 Å². The van der Waals surface area contributed by atoms with E-state index in [1.54, 1.807) is 12.3 Å². The maximum Gasteiger partial charge on any atom is 0.327 e.